The maximum absolute atomic E-state index is 13.8. The van der Waals surface area contributed by atoms with Crippen LogP contribution in [0.4, 0.5) is 4.39 Å². The summed E-state index contributed by atoms with van der Waals surface area (Å²) < 4.78 is 15.7. The quantitative estimate of drug-likeness (QED) is 0.862. The number of benzene rings is 1. The van der Waals surface area contributed by atoms with E-state index in [-0.39, 0.29) is 17.5 Å². The largest absolute Gasteiger partial charge is 0.294 e. The second-order valence-electron chi connectivity index (χ2n) is 5.89. The minimum absolute atomic E-state index is 0.180. The summed E-state index contributed by atoms with van der Waals surface area (Å²) in [5.41, 5.74) is 3.22. The molecule has 1 aromatic carbocycles. The third kappa shape index (κ3) is 2.50. The fraction of sp³-hybridized carbons (Fsp3) is 0.412. The number of halogens is 1. The minimum atomic E-state index is -0.227. The molecule has 0 fully saturated rings. The molecule has 1 heterocycles. The van der Waals surface area contributed by atoms with E-state index in [9.17, 15) is 9.18 Å². The van der Waals surface area contributed by atoms with Crippen LogP contribution in [0, 0.1) is 5.82 Å². The van der Waals surface area contributed by atoms with E-state index in [1.165, 1.54) is 6.07 Å². The van der Waals surface area contributed by atoms with E-state index in [0.717, 1.165) is 29.8 Å². The molecule has 3 rings (SSSR count). The third-order valence-electron chi connectivity index (χ3n) is 4.01. The Hall–Kier alpha value is -1.97. The topological polar surface area (TPSA) is 34.9 Å². The number of nitrogens with zero attached hydrogens (tertiary/aromatic N) is 2. The van der Waals surface area contributed by atoms with Crippen LogP contribution in [0.25, 0.3) is 0 Å². The van der Waals surface area contributed by atoms with Gasteiger partial charge in [-0.15, -0.1) is 0 Å². The summed E-state index contributed by atoms with van der Waals surface area (Å²) in [5.74, 6) is 0.150. The number of aromatic nitrogens is 2. The van der Waals surface area contributed by atoms with Crippen molar-refractivity contribution in [2.45, 2.75) is 45.6 Å². The van der Waals surface area contributed by atoms with Gasteiger partial charge in [0.15, 0.2) is 5.78 Å². The first kappa shape index (κ1) is 14.0. The van der Waals surface area contributed by atoms with E-state index < -0.39 is 0 Å². The van der Waals surface area contributed by atoms with Crippen molar-refractivity contribution in [2.75, 3.05) is 0 Å². The van der Waals surface area contributed by atoms with Gasteiger partial charge in [0.05, 0.1) is 17.8 Å². The van der Waals surface area contributed by atoms with E-state index in [2.05, 4.69) is 5.10 Å². The summed E-state index contributed by atoms with van der Waals surface area (Å²) in [6.07, 6.45) is 2.29. The number of Topliss-reactive ketones (excluding diaryl/α,β-unsaturated/α-hetero) is 1. The highest BCUT2D eigenvalue weighted by Crippen LogP contribution is 2.29. The van der Waals surface area contributed by atoms with Crippen LogP contribution in [0.2, 0.25) is 0 Å². The van der Waals surface area contributed by atoms with Gasteiger partial charge in [-0.1, -0.05) is 32.0 Å². The molecule has 0 saturated heterocycles. The first-order valence-electron chi connectivity index (χ1n) is 7.44. The zero-order chi connectivity index (χ0) is 15.0. The Morgan fingerprint density at radius 3 is 2.76 bits per heavy atom. The number of carbonyl (C=O) groups is 1. The van der Waals surface area contributed by atoms with E-state index >= 15 is 0 Å². The average Bonchev–Trinajstić information content (AvgIpc) is 2.82. The molecular formula is C17H19FN2O. The number of carbonyl (C=O) groups excluding carboxylic acids is 1. The molecule has 0 amide bonds. The van der Waals surface area contributed by atoms with Crippen molar-refractivity contribution < 1.29 is 9.18 Å². The van der Waals surface area contributed by atoms with Crippen molar-refractivity contribution in [3.8, 4) is 0 Å². The van der Waals surface area contributed by atoms with Crippen molar-refractivity contribution in [1.29, 1.82) is 0 Å². The predicted octanol–water partition coefficient (Wildman–Crippen LogP) is 3.71. The second-order valence-corrected chi connectivity index (χ2v) is 5.89. The van der Waals surface area contributed by atoms with Crippen LogP contribution in [0.5, 0.6) is 0 Å². The first-order chi connectivity index (χ1) is 10.1. The highest BCUT2D eigenvalue weighted by Gasteiger charge is 2.28. The zero-order valence-corrected chi connectivity index (χ0v) is 12.4. The molecule has 0 aliphatic heterocycles. The van der Waals surface area contributed by atoms with Crippen LogP contribution in [0.1, 0.15) is 59.9 Å². The first-order valence-corrected chi connectivity index (χ1v) is 7.44. The van der Waals surface area contributed by atoms with Crippen LogP contribution in [-0.2, 0) is 13.0 Å². The standard InChI is InChI=1S/C17H19FN2O/c1-11(2)17-16-14(8-5-9-15(16)21)20(19-17)10-12-6-3-4-7-13(12)18/h3-4,6-7,11H,5,8-10H2,1-2H3. The summed E-state index contributed by atoms with van der Waals surface area (Å²) in [6, 6.07) is 6.73. The van der Waals surface area contributed by atoms with Gasteiger partial charge < -0.3 is 0 Å². The Bertz CT molecular complexity index is 688. The molecule has 0 N–H and O–H groups in total. The molecule has 4 heteroatoms. The number of ketones is 1. The van der Waals surface area contributed by atoms with Crippen molar-refractivity contribution in [1.82, 2.24) is 9.78 Å². The number of hydrogen-bond donors (Lipinski definition) is 0. The van der Waals surface area contributed by atoms with Gasteiger partial charge >= 0.3 is 0 Å². The van der Waals surface area contributed by atoms with Crippen LogP contribution in [-0.4, -0.2) is 15.6 Å². The molecule has 0 bridgehead atoms. The second kappa shape index (κ2) is 5.43. The number of fused-ring (bicyclic) bond motifs is 1. The van der Waals surface area contributed by atoms with Gasteiger partial charge in [-0.3, -0.25) is 9.48 Å². The summed E-state index contributed by atoms with van der Waals surface area (Å²) in [4.78, 5) is 12.2. The molecule has 3 nitrogen and oxygen atoms in total. The molecule has 2 aromatic rings. The maximum atomic E-state index is 13.8. The Kier molecular flexibility index (Phi) is 3.62. The van der Waals surface area contributed by atoms with Crippen LogP contribution < -0.4 is 0 Å². The molecular weight excluding hydrogens is 267 g/mol. The molecule has 0 saturated carbocycles. The lowest BCUT2D eigenvalue weighted by atomic mass is 9.91. The normalized spacial score (nSPS) is 14.6. The summed E-state index contributed by atoms with van der Waals surface area (Å²) >= 11 is 0. The van der Waals surface area contributed by atoms with Crippen LogP contribution in [0.15, 0.2) is 24.3 Å². The molecule has 0 atom stereocenters. The highest BCUT2D eigenvalue weighted by molar-refractivity contribution is 5.99. The van der Waals surface area contributed by atoms with Gasteiger partial charge in [0.1, 0.15) is 5.82 Å². The molecule has 1 aliphatic rings. The Balaban J connectivity index is 2.05. The molecule has 0 unspecified atom stereocenters. The molecule has 1 aromatic heterocycles. The molecule has 1 aliphatic carbocycles. The fourth-order valence-electron chi connectivity index (χ4n) is 2.94. The average molecular weight is 286 g/mol. The molecule has 110 valence electrons. The number of rotatable bonds is 3. The van der Waals surface area contributed by atoms with E-state index in [1.807, 2.05) is 24.6 Å². The third-order valence-corrected chi connectivity index (χ3v) is 4.01. The summed E-state index contributed by atoms with van der Waals surface area (Å²) in [6.45, 7) is 4.46. The van der Waals surface area contributed by atoms with Gasteiger partial charge in [0, 0.05) is 17.7 Å². The molecule has 0 spiro atoms. The zero-order valence-electron chi connectivity index (χ0n) is 12.4. The maximum Gasteiger partial charge on any atom is 0.166 e. The lowest BCUT2D eigenvalue weighted by Gasteiger charge is -2.14. The monoisotopic (exact) mass is 286 g/mol. The van der Waals surface area contributed by atoms with Crippen molar-refractivity contribution >= 4 is 5.78 Å². The van der Waals surface area contributed by atoms with Gasteiger partial charge in [0.25, 0.3) is 0 Å². The van der Waals surface area contributed by atoms with Crippen molar-refractivity contribution in [3.05, 3.63) is 52.6 Å². The lowest BCUT2D eigenvalue weighted by Crippen LogP contribution is -2.15. The van der Waals surface area contributed by atoms with E-state index in [1.54, 1.807) is 12.1 Å². The lowest BCUT2D eigenvalue weighted by molar-refractivity contribution is 0.0970. The van der Waals surface area contributed by atoms with E-state index in [4.69, 9.17) is 0 Å². The predicted molar refractivity (Wildman–Crippen MR) is 79.1 cm³/mol. The van der Waals surface area contributed by atoms with E-state index in [0.29, 0.717) is 18.5 Å². The van der Waals surface area contributed by atoms with Crippen molar-refractivity contribution in [2.24, 2.45) is 0 Å². The summed E-state index contributed by atoms with van der Waals surface area (Å²) in [5, 5.41) is 4.61. The van der Waals surface area contributed by atoms with Gasteiger partial charge in [-0.2, -0.15) is 5.10 Å². The van der Waals surface area contributed by atoms with Gasteiger partial charge in [-0.25, -0.2) is 4.39 Å². The fourth-order valence-corrected chi connectivity index (χ4v) is 2.94. The van der Waals surface area contributed by atoms with Crippen LogP contribution in [0.3, 0.4) is 0 Å². The smallest absolute Gasteiger partial charge is 0.166 e. The number of hydrogen-bond acceptors (Lipinski definition) is 2. The highest BCUT2D eigenvalue weighted by atomic mass is 19.1. The molecule has 21 heavy (non-hydrogen) atoms. The van der Waals surface area contributed by atoms with Crippen LogP contribution >= 0.6 is 0 Å². The van der Waals surface area contributed by atoms with Gasteiger partial charge in [0.2, 0.25) is 0 Å². The Morgan fingerprint density at radius 2 is 2.05 bits per heavy atom. The Morgan fingerprint density at radius 1 is 1.29 bits per heavy atom. The van der Waals surface area contributed by atoms with Gasteiger partial charge in [-0.05, 0) is 24.8 Å². The molecule has 0 radical (unpaired) electrons. The SMILES string of the molecule is CC(C)c1nn(Cc2ccccc2F)c2c1C(=O)CCC2. The summed E-state index contributed by atoms with van der Waals surface area (Å²) in [7, 11) is 0. The minimum Gasteiger partial charge on any atom is -0.294 e. The Labute approximate surface area is 123 Å². The van der Waals surface area contributed by atoms with Crippen molar-refractivity contribution in [3.63, 3.8) is 0 Å².